The molecule has 0 saturated carbocycles. The molecule has 0 aliphatic carbocycles. The number of amides is 3. The molecule has 0 radical (unpaired) electrons. The van der Waals surface area contributed by atoms with Gasteiger partial charge in [0.1, 0.15) is 24.9 Å². The number of likely N-dealkylation sites (N-methyl/N-ethyl adjacent to an activating group) is 1. The topological polar surface area (TPSA) is 101 Å². The van der Waals surface area contributed by atoms with Crippen molar-refractivity contribution in [2.45, 2.75) is 19.1 Å². The van der Waals surface area contributed by atoms with Crippen LogP contribution in [0.4, 0.5) is 5.69 Å². The Bertz CT molecular complexity index is 1240. The van der Waals surface area contributed by atoms with Gasteiger partial charge in [0.05, 0.1) is 0 Å². The number of carbonyl (C=O) groups is 3. The van der Waals surface area contributed by atoms with E-state index < -0.39 is 6.10 Å². The van der Waals surface area contributed by atoms with Crippen LogP contribution in [-0.4, -0.2) is 75.6 Å². The van der Waals surface area contributed by atoms with Crippen LogP contribution >= 0.6 is 0 Å². The third-order valence-electron chi connectivity index (χ3n) is 6.10. The molecule has 5 rings (SSSR count). The average molecular weight is 460 g/mol. The fourth-order valence-corrected chi connectivity index (χ4v) is 4.16. The van der Waals surface area contributed by atoms with Gasteiger partial charge in [0, 0.05) is 50.5 Å². The first-order chi connectivity index (χ1) is 16.4. The van der Waals surface area contributed by atoms with Gasteiger partial charge in [-0.05, 0) is 42.0 Å². The lowest BCUT2D eigenvalue weighted by Crippen LogP contribution is -2.36. The Morgan fingerprint density at radius 1 is 1.06 bits per heavy atom. The van der Waals surface area contributed by atoms with Crippen molar-refractivity contribution in [1.29, 1.82) is 0 Å². The molecule has 34 heavy (non-hydrogen) atoms. The van der Waals surface area contributed by atoms with E-state index in [0.29, 0.717) is 36.5 Å². The van der Waals surface area contributed by atoms with E-state index in [0.717, 1.165) is 11.3 Å². The van der Waals surface area contributed by atoms with Gasteiger partial charge in [0.2, 0.25) is 5.91 Å². The van der Waals surface area contributed by atoms with Crippen LogP contribution in [0.5, 0.6) is 5.75 Å². The van der Waals surface area contributed by atoms with Crippen LogP contribution in [0.2, 0.25) is 0 Å². The molecule has 10 heteroatoms. The molecule has 3 aromatic rings. The molecule has 10 nitrogen and oxygen atoms in total. The van der Waals surface area contributed by atoms with Crippen molar-refractivity contribution in [2.24, 2.45) is 0 Å². The Morgan fingerprint density at radius 2 is 1.76 bits per heavy atom. The zero-order valence-electron chi connectivity index (χ0n) is 18.9. The molecule has 2 aliphatic rings. The van der Waals surface area contributed by atoms with Crippen LogP contribution in [0, 0.1) is 0 Å². The Morgan fingerprint density at radius 3 is 2.47 bits per heavy atom. The smallest absolute Gasteiger partial charge is 0.268 e. The van der Waals surface area contributed by atoms with E-state index in [-0.39, 0.29) is 24.3 Å². The van der Waals surface area contributed by atoms with Crippen LogP contribution in [0.1, 0.15) is 22.3 Å². The number of hydrogen-bond donors (Lipinski definition) is 0. The zero-order chi connectivity index (χ0) is 23.8. The summed E-state index contributed by atoms with van der Waals surface area (Å²) in [4.78, 5) is 42.6. The summed E-state index contributed by atoms with van der Waals surface area (Å²) in [5.41, 5.74) is 2.94. The first-order valence-corrected chi connectivity index (χ1v) is 11.0. The van der Waals surface area contributed by atoms with E-state index in [2.05, 4.69) is 10.2 Å². The van der Waals surface area contributed by atoms with Crippen LogP contribution in [0.15, 0.2) is 55.1 Å². The highest BCUT2D eigenvalue weighted by atomic mass is 16.5. The van der Waals surface area contributed by atoms with Crippen molar-refractivity contribution < 1.29 is 19.1 Å². The quantitative estimate of drug-likeness (QED) is 0.553. The van der Waals surface area contributed by atoms with Crippen LogP contribution < -0.4 is 9.64 Å². The number of rotatable bonds is 6. The summed E-state index contributed by atoms with van der Waals surface area (Å²) >= 11 is 0. The highest BCUT2D eigenvalue weighted by Crippen LogP contribution is 2.30. The van der Waals surface area contributed by atoms with E-state index in [9.17, 15) is 14.4 Å². The standard InChI is InChI=1S/C24H24N6O4/c1-27(2)22(31)13-28-12-16-3-4-18(11-20(16)23(28)32)30-10-9-21(24(30)33)34-19-7-5-17(6-8-19)29-14-25-26-15-29/h3-8,11,14-15,21H,9-10,12-13H2,1-2H3/t21-/m1/s1. The Balaban J connectivity index is 1.26. The van der Waals surface area contributed by atoms with Gasteiger partial charge >= 0.3 is 0 Å². The monoisotopic (exact) mass is 460 g/mol. The normalized spacial score (nSPS) is 17.3. The minimum atomic E-state index is -0.598. The molecule has 0 N–H and O–H groups in total. The number of carbonyl (C=O) groups excluding carboxylic acids is 3. The third-order valence-corrected chi connectivity index (χ3v) is 6.10. The Hall–Kier alpha value is -4.21. The van der Waals surface area contributed by atoms with Crippen molar-refractivity contribution >= 4 is 23.4 Å². The van der Waals surface area contributed by atoms with Gasteiger partial charge in [-0.3, -0.25) is 19.0 Å². The molecule has 3 heterocycles. The summed E-state index contributed by atoms with van der Waals surface area (Å²) in [6, 6.07) is 12.8. The lowest BCUT2D eigenvalue weighted by atomic mass is 10.1. The van der Waals surface area contributed by atoms with Gasteiger partial charge in [-0.25, -0.2) is 0 Å². The third kappa shape index (κ3) is 3.98. The summed E-state index contributed by atoms with van der Waals surface area (Å²) in [5, 5.41) is 7.58. The van der Waals surface area contributed by atoms with Gasteiger partial charge in [-0.2, -0.15) is 0 Å². The lowest BCUT2D eigenvalue weighted by molar-refractivity contribution is -0.129. The molecule has 3 amide bonds. The van der Waals surface area contributed by atoms with Gasteiger partial charge < -0.3 is 19.4 Å². The van der Waals surface area contributed by atoms with Crippen molar-refractivity contribution in [3.63, 3.8) is 0 Å². The summed E-state index contributed by atoms with van der Waals surface area (Å²) < 4.78 is 7.74. The Kier molecular flexibility index (Phi) is 5.48. The van der Waals surface area contributed by atoms with Crippen LogP contribution in [0.3, 0.4) is 0 Å². The largest absolute Gasteiger partial charge is 0.481 e. The first-order valence-electron chi connectivity index (χ1n) is 11.0. The number of benzene rings is 2. The predicted molar refractivity (Wildman–Crippen MR) is 123 cm³/mol. The van der Waals surface area contributed by atoms with Gasteiger partial charge in [0.15, 0.2) is 6.10 Å². The second-order valence-electron chi connectivity index (χ2n) is 8.54. The van der Waals surface area contributed by atoms with Crippen molar-refractivity contribution in [3.8, 4) is 11.4 Å². The minimum absolute atomic E-state index is 0.0323. The maximum atomic E-state index is 13.1. The molecule has 2 aliphatic heterocycles. The highest BCUT2D eigenvalue weighted by molar-refractivity contribution is 6.03. The fourth-order valence-electron chi connectivity index (χ4n) is 4.16. The van der Waals surface area contributed by atoms with Gasteiger partial charge in [-0.1, -0.05) is 6.07 Å². The number of nitrogens with zero attached hydrogens (tertiary/aromatic N) is 6. The fraction of sp³-hybridized carbons (Fsp3) is 0.292. The van der Waals surface area contributed by atoms with E-state index >= 15 is 0 Å². The average Bonchev–Trinajstić information content (AvgIpc) is 3.56. The number of anilines is 1. The van der Waals surface area contributed by atoms with Crippen molar-refractivity contribution in [3.05, 3.63) is 66.2 Å². The first kappa shape index (κ1) is 21.6. The highest BCUT2D eigenvalue weighted by Gasteiger charge is 2.36. The second-order valence-corrected chi connectivity index (χ2v) is 8.54. The van der Waals surface area contributed by atoms with Gasteiger partial charge in [0.25, 0.3) is 11.8 Å². The molecule has 0 unspecified atom stereocenters. The molecule has 174 valence electrons. The van der Waals surface area contributed by atoms with Crippen molar-refractivity contribution in [1.82, 2.24) is 24.6 Å². The zero-order valence-corrected chi connectivity index (χ0v) is 18.9. The number of hydrogen-bond acceptors (Lipinski definition) is 6. The summed E-state index contributed by atoms with van der Waals surface area (Å²) in [7, 11) is 3.33. The molecule has 1 saturated heterocycles. The number of aromatic nitrogens is 3. The predicted octanol–water partition coefficient (Wildman–Crippen LogP) is 1.50. The summed E-state index contributed by atoms with van der Waals surface area (Å²) in [6.07, 6.45) is 3.16. The molecule has 1 atom stereocenters. The molecule has 1 fully saturated rings. The van der Waals surface area contributed by atoms with E-state index in [1.807, 2.05) is 36.4 Å². The molecule has 0 spiro atoms. The van der Waals surface area contributed by atoms with E-state index in [1.165, 1.54) is 9.80 Å². The maximum Gasteiger partial charge on any atom is 0.268 e. The summed E-state index contributed by atoms with van der Waals surface area (Å²) in [5.74, 6) is 0.126. The number of ether oxygens (including phenoxy) is 1. The minimum Gasteiger partial charge on any atom is -0.481 e. The second kappa shape index (κ2) is 8.62. The van der Waals surface area contributed by atoms with E-state index in [1.54, 1.807) is 42.3 Å². The van der Waals surface area contributed by atoms with Crippen LogP contribution in [0.25, 0.3) is 5.69 Å². The molecular formula is C24H24N6O4. The maximum absolute atomic E-state index is 13.1. The van der Waals surface area contributed by atoms with Crippen LogP contribution in [-0.2, 0) is 16.1 Å². The summed E-state index contributed by atoms with van der Waals surface area (Å²) in [6.45, 7) is 0.918. The molecule has 0 bridgehead atoms. The molecule has 2 aromatic carbocycles. The lowest BCUT2D eigenvalue weighted by Gasteiger charge is -2.18. The van der Waals surface area contributed by atoms with E-state index in [4.69, 9.17) is 4.74 Å². The molecular weight excluding hydrogens is 436 g/mol. The van der Waals surface area contributed by atoms with Crippen molar-refractivity contribution in [2.75, 3.05) is 32.1 Å². The number of fused-ring (bicyclic) bond motifs is 1. The molecule has 1 aromatic heterocycles. The van der Waals surface area contributed by atoms with Gasteiger partial charge in [-0.15, -0.1) is 10.2 Å². The Labute approximate surface area is 196 Å². The SMILES string of the molecule is CN(C)C(=O)CN1Cc2ccc(N3CC[C@@H](Oc4ccc(-n5cnnc5)cc4)C3=O)cc2C1=O.